The van der Waals surface area contributed by atoms with E-state index in [1.54, 1.807) is 0 Å². The first kappa shape index (κ1) is 19.2. The molecule has 0 saturated carbocycles. The number of fused-ring (bicyclic) bond motifs is 2. The summed E-state index contributed by atoms with van der Waals surface area (Å²) in [4.78, 5) is 34.8. The normalized spacial score (nSPS) is 23.3. The van der Waals surface area contributed by atoms with Crippen molar-refractivity contribution < 1.29 is 14.3 Å². The van der Waals surface area contributed by atoms with Gasteiger partial charge in [-0.1, -0.05) is 6.42 Å². The lowest BCUT2D eigenvalue weighted by Crippen LogP contribution is -2.50. The maximum Gasteiger partial charge on any atom is 0.264 e. The lowest BCUT2D eigenvalue weighted by Gasteiger charge is -2.37. The summed E-state index contributed by atoms with van der Waals surface area (Å²) < 4.78 is 13.3. The highest BCUT2D eigenvalue weighted by Crippen LogP contribution is 2.32. The fraction of sp³-hybridized carbons (Fsp3) is 0.667. The van der Waals surface area contributed by atoms with Crippen LogP contribution in [0, 0.1) is 6.92 Å². The van der Waals surface area contributed by atoms with Crippen LogP contribution in [0.5, 0.6) is 0 Å². The van der Waals surface area contributed by atoms with Gasteiger partial charge in [-0.2, -0.15) is 0 Å². The number of rotatable bonds is 2. The summed E-state index contributed by atoms with van der Waals surface area (Å²) >= 11 is 1.37. The van der Waals surface area contributed by atoms with Gasteiger partial charge < -0.3 is 14.4 Å². The van der Waals surface area contributed by atoms with E-state index in [-0.39, 0.29) is 23.8 Å². The molecule has 5 rings (SSSR count). The topological polar surface area (TPSA) is 73.7 Å². The van der Waals surface area contributed by atoms with Gasteiger partial charge in [-0.25, -0.2) is 4.98 Å². The van der Waals surface area contributed by atoms with Gasteiger partial charge >= 0.3 is 0 Å². The zero-order valence-corrected chi connectivity index (χ0v) is 17.6. The zero-order valence-electron chi connectivity index (χ0n) is 16.8. The van der Waals surface area contributed by atoms with Crippen molar-refractivity contribution in [2.75, 3.05) is 19.8 Å². The molecule has 8 heteroatoms. The van der Waals surface area contributed by atoms with Gasteiger partial charge in [-0.05, 0) is 44.6 Å². The maximum atomic E-state index is 13.5. The fourth-order valence-electron chi connectivity index (χ4n) is 4.84. The van der Waals surface area contributed by atoms with E-state index in [1.807, 2.05) is 16.4 Å². The largest absolute Gasteiger partial charge is 0.348 e. The molecule has 2 saturated heterocycles. The summed E-state index contributed by atoms with van der Waals surface area (Å²) in [7, 11) is 0. The summed E-state index contributed by atoms with van der Waals surface area (Å²) in [5.74, 6) is 0.845. The number of amides is 1. The third kappa shape index (κ3) is 3.31. The van der Waals surface area contributed by atoms with E-state index >= 15 is 0 Å². The van der Waals surface area contributed by atoms with Crippen molar-refractivity contribution in [3.63, 3.8) is 0 Å². The van der Waals surface area contributed by atoms with Gasteiger partial charge in [0, 0.05) is 19.5 Å². The molecule has 156 valence electrons. The van der Waals surface area contributed by atoms with Gasteiger partial charge in [0.15, 0.2) is 6.29 Å². The molecule has 2 fully saturated rings. The summed E-state index contributed by atoms with van der Waals surface area (Å²) in [5, 5.41) is 0.617. The highest BCUT2D eigenvalue weighted by molar-refractivity contribution is 7.20. The molecular formula is C21H27N3O4S. The summed E-state index contributed by atoms with van der Waals surface area (Å²) in [5.41, 5.74) is 0.780. The van der Waals surface area contributed by atoms with Gasteiger partial charge in [0.25, 0.3) is 11.5 Å². The zero-order chi connectivity index (χ0) is 20.0. The number of thiophene rings is 1. The Hall–Kier alpha value is -1.77. The van der Waals surface area contributed by atoms with E-state index in [0.717, 1.165) is 62.9 Å². The Kier molecular flexibility index (Phi) is 5.17. The average Bonchev–Trinajstić information content (AvgIpc) is 3.30. The number of hydrogen-bond donors (Lipinski definition) is 0. The molecule has 1 atom stereocenters. The number of aryl methyl sites for hydroxylation is 2. The minimum atomic E-state index is -0.339. The van der Waals surface area contributed by atoms with E-state index < -0.39 is 0 Å². The van der Waals surface area contributed by atoms with Gasteiger partial charge in [0.2, 0.25) is 0 Å². The van der Waals surface area contributed by atoms with Crippen molar-refractivity contribution in [1.29, 1.82) is 0 Å². The van der Waals surface area contributed by atoms with Crippen molar-refractivity contribution >= 4 is 27.5 Å². The number of hydrogen-bond acceptors (Lipinski definition) is 6. The number of aromatic nitrogens is 2. The molecule has 0 spiro atoms. The number of ether oxygens (including phenoxy) is 2. The predicted octanol–water partition coefficient (Wildman–Crippen LogP) is 2.86. The number of likely N-dealkylation sites (tertiary alicyclic amines) is 1. The monoisotopic (exact) mass is 417 g/mol. The molecule has 0 radical (unpaired) electrons. The lowest BCUT2D eigenvalue weighted by molar-refractivity contribution is -0.100. The van der Waals surface area contributed by atoms with Crippen LogP contribution in [0.2, 0.25) is 0 Å². The highest BCUT2D eigenvalue weighted by atomic mass is 32.1. The standard InChI is InChI=1S/C21H27N3O4S/c1-13-16-18(22-15-8-3-2-5-10-24(15)19(16)25)29-17(13)20(26)23-9-6-4-7-14(23)21-27-11-12-28-21/h14,21H,2-12H2,1H3. The van der Waals surface area contributed by atoms with E-state index in [2.05, 4.69) is 0 Å². The van der Waals surface area contributed by atoms with Crippen molar-refractivity contribution in [3.05, 3.63) is 26.6 Å². The molecule has 7 nitrogen and oxygen atoms in total. The Morgan fingerprint density at radius 1 is 1.10 bits per heavy atom. The lowest BCUT2D eigenvalue weighted by atomic mass is 10.0. The van der Waals surface area contributed by atoms with Crippen LogP contribution in [-0.2, 0) is 22.4 Å². The Morgan fingerprint density at radius 2 is 1.90 bits per heavy atom. The smallest absolute Gasteiger partial charge is 0.264 e. The second kappa shape index (κ2) is 7.81. The summed E-state index contributed by atoms with van der Waals surface area (Å²) in [6.07, 6.45) is 6.62. The molecular weight excluding hydrogens is 390 g/mol. The van der Waals surface area contributed by atoms with Crippen LogP contribution in [-0.4, -0.2) is 52.4 Å². The molecule has 3 aliphatic rings. The second-order valence-electron chi connectivity index (χ2n) is 8.20. The fourth-order valence-corrected chi connectivity index (χ4v) is 5.98. The van der Waals surface area contributed by atoms with E-state index in [9.17, 15) is 9.59 Å². The quantitative estimate of drug-likeness (QED) is 0.751. The predicted molar refractivity (Wildman–Crippen MR) is 111 cm³/mol. The van der Waals surface area contributed by atoms with Gasteiger partial charge in [0.1, 0.15) is 10.7 Å². The van der Waals surface area contributed by atoms with Crippen molar-refractivity contribution in [2.24, 2.45) is 0 Å². The Balaban J connectivity index is 1.54. The molecule has 0 N–H and O–H groups in total. The molecule has 0 aromatic carbocycles. The Morgan fingerprint density at radius 3 is 2.72 bits per heavy atom. The SMILES string of the molecule is Cc1c(C(=O)N2CCCCC2C2OCCO2)sc2nc3n(c(=O)c12)CCCCC3. The third-order valence-corrected chi connectivity index (χ3v) is 7.55. The Labute approximate surface area is 173 Å². The average molecular weight is 418 g/mol. The molecule has 0 bridgehead atoms. The van der Waals surface area contributed by atoms with Crippen LogP contribution < -0.4 is 5.56 Å². The number of carbonyl (C=O) groups is 1. The molecule has 29 heavy (non-hydrogen) atoms. The molecule has 2 aromatic heterocycles. The minimum absolute atomic E-state index is 0.0114. The minimum Gasteiger partial charge on any atom is -0.348 e. The Bertz CT molecular complexity index is 992. The maximum absolute atomic E-state index is 13.5. The van der Waals surface area contributed by atoms with Crippen LogP contribution in [0.4, 0.5) is 0 Å². The molecule has 2 aromatic rings. The first-order valence-corrected chi connectivity index (χ1v) is 11.5. The van der Waals surface area contributed by atoms with Crippen LogP contribution in [0.25, 0.3) is 10.2 Å². The van der Waals surface area contributed by atoms with Crippen LogP contribution in [0.1, 0.15) is 59.6 Å². The van der Waals surface area contributed by atoms with Crippen LogP contribution >= 0.6 is 11.3 Å². The van der Waals surface area contributed by atoms with E-state index in [1.165, 1.54) is 11.3 Å². The number of carbonyl (C=O) groups excluding carboxylic acids is 1. The summed E-state index contributed by atoms with van der Waals surface area (Å²) in [6, 6.07) is -0.0610. The van der Waals surface area contributed by atoms with Gasteiger partial charge in [-0.3, -0.25) is 14.2 Å². The first-order chi connectivity index (χ1) is 14.1. The molecule has 1 unspecified atom stereocenters. The molecule has 1 amide bonds. The van der Waals surface area contributed by atoms with Crippen molar-refractivity contribution in [1.82, 2.24) is 14.5 Å². The molecule has 5 heterocycles. The summed E-state index contributed by atoms with van der Waals surface area (Å²) in [6.45, 7) is 4.47. The molecule has 3 aliphatic heterocycles. The first-order valence-electron chi connectivity index (χ1n) is 10.7. The van der Waals surface area contributed by atoms with E-state index in [4.69, 9.17) is 14.5 Å². The number of piperidine rings is 1. The van der Waals surface area contributed by atoms with E-state index in [0.29, 0.717) is 34.9 Å². The van der Waals surface area contributed by atoms with Crippen LogP contribution in [0.15, 0.2) is 4.79 Å². The number of nitrogens with zero attached hydrogens (tertiary/aromatic N) is 3. The van der Waals surface area contributed by atoms with Crippen LogP contribution in [0.3, 0.4) is 0 Å². The molecule has 0 aliphatic carbocycles. The second-order valence-corrected chi connectivity index (χ2v) is 9.20. The van der Waals surface area contributed by atoms with Gasteiger partial charge in [-0.15, -0.1) is 11.3 Å². The van der Waals surface area contributed by atoms with Gasteiger partial charge in [0.05, 0.1) is 29.5 Å². The highest BCUT2D eigenvalue weighted by Gasteiger charge is 2.38. The third-order valence-electron chi connectivity index (χ3n) is 6.38. The van der Waals surface area contributed by atoms with Crippen molar-refractivity contribution in [3.8, 4) is 0 Å². The van der Waals surface area contributed by atoms with Crippen molar-refractivity contribution in [2.45, 2.75) is 70.7 Å².